The minimum absolute atomic E-state index is 0.209. The van der Waals surface area contributed by atoms with Crippen LogP contribution in [0.3, 0.4) is 0 Å². The van der Waals surface area contributed by atoms with E-state index in [1.54, 1.807) is 32.2 Å². The first kappa shape index (κ1) is 22.8. The Morgan fingerprint density at radius 2 is 1.79 bits per heavy atom. The molecule has 0 aliphatic rings. The number of hydrogen-bond donors (Lipinski definition) is 1. The van der Waals surface area contributed by atoms with E-state index in [1.165, 1.54) is 13.2 Å². The first-order chi connectivity index (χ1) is 13.7. The number of hydrogen-bond acceptors (Lipinski definition) is 5. The van der Waals surface area contributed by atoms with E-state index < -0.39 is 22.0 Å². The minimum atomic E-state index is -3.76. The fourth-order valence-corrected chi connectivity index (χ4v) is 4.46. The highest BCUT2D eigenvalue weighted by molar-refractivity contribution is 7.92. The third-order valence-corrected chi connectivity index (χ3v) is 5.84. The van der Waals surface area contributed by atoms with Crippen LogP contribution in [0, 0.1) is 0 Å². The SMILES string of the molecule is CC[C@H](C(=O)NCc1ccccc1OC)N(c1ccc(OC)c(Cl)c1)S(C)(=O)=O. The number of rotatable bonds is 9. The fourth-order valence-electron chi connectivity index (χ4n) is 3.00. The molecular weight excluding hydrogens is 416 g/mol. The Hall–Kier alpha value is -2.45. The lowest BCUT2D eigenvalue weighted by Crippen LogP contribution is -2.49. The number of para-hydroxylation sites is 1. The predicted octanol–water partition coefficient (Wildman–Crippen LogP) is 3.22. The van der Waals surface area contributed by atoms with Gasteiger partial charge in [-0.3, -0.25) is 9.10 Å². The number of nitrogens with zero attached hydrogens (tertiary/aromatic N) is 1. The summed E-state index contributed by atoms with van der Waals surface area (Å²) >= 11 is 6.16. The molecule has 9 heteroatoms. The molecule has 1 atom stereocenters. The molecule has 0 radical (unpaired) electrons. The highest BCUT2D eigenvalue weighted by atomic mass is 35.5. The van der Waals surface area contributed by atoms with E-state index in [0.29, 0.717) is 11.5 Å². The Kier molecular flexibility index (Phi) is 7.75. The molecule has 1 N–H and O–H groups in total. The van der Waals surface area contributed by atoms with Gasteiger partial charge in [0.2, 0.25) is 15.9 Å². The number of ether oxygens (including phenoxy) is 2. The molecule has 158 valence electrons. The van der Waals surface area contributed by atoms with Crippen molar-refractivity contribution in [2.45, 2.75) is 25.9 Å². The van der Waals surface area contributed by atoms with E-state index >= 15 is 0 Å². The summed E-state index contributed by atoms with van der Waals surface area (Å²) in [5.74, 6) is 0.635. The van der Waals surface area contributed by atoms with Crippen molar-refractivity contribution in [3.8, 4) is 11.5 Å². The fraction of sp³-hybridized carbons (Fsp3) is 0.350. The van der Waals surface area contributed by atoms with Crippen molar-refractivity contribution in [1.82, 2.24) is 5.32 Å². The summed E-state index contributed by atoms with van der Waals surface area (Å²) in [4.78, 5) is 12.9. The number of amides is 1. The number of carbonyl (C=O) groups excluding carboxylic acids is 1. The maximum absolute atomic E-state index is 12.9. The smallest absolute Gasteiger partial charge is 0.244 e. The van der Waals surface area contributed by atoms with Crippen LogP contribution in [0.2, 0.25) is 5.02 Å². The molecule has 2 aromatic carbocycles. The summed E-state index contributed by atoms with van der Waals surface area (Å²) in [7, 11) is -0.741. The lowest BCUT2D eigenvalue weighted by atomic mass is 10.1. The summed E-state index contributed by atoms with van der Waals surface area (Å²) in [6, 6.07) is 10.9. The molecule has 29 heavy (non-hydrogen) atoms. The second-order valence-electron chi connectivity index (χ2n) is 6.33. The molecule has 0 heterocycles. The van der Waals surface area contributed by atoms with Gasteiger partial charge in [0.1, 0.15) is 17.5 Å². The average molecular weight is 441 g/mol. The largest absolute Gasteiger partial charge is 0.496 e. The molecule has 7 nitrogen and oxygen atoms in total. The molecule has 0 aliphatic carbocycles. The monoisotopic (exact) mass is 440 g/mol. The molecule has 0 saturated heterocycles. The topological polar surface area (TPSA) is 84.9 Å². The Labute approximate surface area is 176 Å². The van der Waals surface area contributed by atoms with E-state index in [0.717, 1.165) is 16.1 Å². The summed E-state index contributed by atoms with van der Waals surface area (Å²) in [5.41, 5.74) is 1.08. The van der Waals surface area contributed by atoms with Gasteiger partial charge in [-0.2, -0.15) is 0 Å². The van der Waals surface area contributed by atoms with E-state index in [-0.39, 0.29) is 23.7 Å². The van der Waals surface area contributed by atoms with Crippen LogP contribution in [0.25, 0.3) is 0 Å². The van der Waals surface area contributed by atoms with Crippen LogP contribution in [-0.4, -0.2) is 40.8 Å². The molecular formula is C20H25ClN2O5S. The zero-order valence-corrected chi connectivity index (χ0v) is 18.4. The lowest BCUT2D eigenvalue weighted by molar-refractivity contribution is -0.122. The Morgan fingerprint density at radius 1 is 1.14 bits per heavy atom. The zero-order valence-electron chi connectivity index (χ0n) is 16.8. The molecule has 1 amide bonds. The zero-order chi connectivity index (χ0) is 21.6. The van der Waals surface area contributed by atoms with Gasteiger partial charge in [0.25, 0.3) is 0 Å². The lowest BCUT2D eigenvalue weighted by Gasteiger charge is -2.30. The van der Waals surface area contributed by atoms with Gasteiger partial charge >= 0.3 is 0 Å². The Balaban J connectivity index is 2.31. The van der Waals surface area contributed by atoms with Crippen LogP contribution in [0.15, 0.2) is 42.5 Å². The van der Waals surface area contributed by atoms with Gasteiger partial charge in [0, 0.05) is 12.1 Å². The quantitative estimate of drug-likeness (QED) is 0.647. The van der Waals surface area contributed by atoms with Crippen molar-refractivity contribution in [2.24, 2.45) is 0 Å². The van der Waals surface area contributed by atoms with Gasteiger partial charge in [-0.25, -0.2) is 8.42 Å². The molecule has 0 aromatic heterocycles. The van der Waals surface area contributed by atoms with Crippen molar-refractivity contribution in [2.75, 3.05) is 24.8 Å². The molecule has 0 aliphatic heterocycles. The molecule has 2 aromatic rings. The Bertz CT molecular complexity index is 965. The van der Waals surface area contributed by atoms with E-state index in [4.69, 9.17) is 21.1 Å². The van der Waals surface area contributed by atoms with Gasteiger partial charge < -0.3 is 14.8 Å². The maximum Gasteiger partial charge on any atom is 0.244 e. The maximum atomic E-state index is 12.9. The first-order valence-electron chi connectivity index (χ1n) is 8.95. The van der Waals surface area contributed by atoms with Crippen molar-refractivity contribution >= 4 is 33.2 Å². The van der Waals surface area contributed by atoms with Crippen LogP contribution >= 0.6 is 11.6 Å². The summed E-state index contributed by atoms with van der Waals surface area (Å²) < 4.78 is 36.5. The Morgan fingerprint density at radius 3 is 2.34 bits per heavy atom. The number of anilines is 1. The van der Waals surface area contributed by atoms with Gasteiger partial charge in [-0.05, 0) is 30.7 Å². The van der Waals surface area contributed by atoms with E-state index in [1.807, 2.05) is 18.2 Å². The van der Waals surface area contributed by atoms with Crippen LogP contribution < -0.4 is 19.1 Å². The number of carbonyl (C=O) groups is 1. The second kappa shape index (κ2) is 9.84. The second-order valence-corrected chi connectivity index (χ2v) is 8.60. The molecule has 0 saturated carbocycles. The number of nitrogens with one attached hydrogen (secondary N) is 1. The third kappa shape index (κ3) is 5.55. The van der Waals surface area contributed by atoms with Crippen LogP contribution in [0.1, 0.15) is 18.9 Å². The molecule has 0 spiro atoms. The highest BCUT2D eigenvalue weighted by Gasteiger charge is 2.31. The van der Waals surface area contributed by atoms with Crippen LogP contribution in [0.5, 0.6) is 11.5 Å². The summed E-state index contributed by atoms with van der Waals surface area (Å²) in [5, 5.41) is 3.05. The molecule has 0 unspecified atom stereocenters. The number of halogens is 1. The van der Waals surface area contributed by atoms with Gasteiger partial charge in [-0.1, -0.05) is 36.7 Å². The number of benzene rings is 2. The van der Waals surface area contributed by atoms with Crippen molar-refractivity contribution < 1.29 is 22.7 Å². The van der Waals surface area contributed by atoms with E-state index in [2.05, 4.69) is 5.32 Å². The van der Waals surface area contributed by atoms with Crippen LogP contribution in [0.4, 0.5) is 5.69 Å². The average Bonchev–Trinajstić information content (AvgIpc) is 2.69. The molecule has 0 fully saturated rings. The highest BCUT2D eigenvalue weighted by Crippen LogP contribution is 2.31. The minimum Gasteiger partial charge on any atom is -0.496 e. The van der Waals surface area contributed by atoms with Gasteiger partial charge in [0.15, 0.2) is 0 Å². The number of sulfonamides is 1. The third-order valence-electron chi connectivity index (χ3n) is 4.37. The van der Waals surface area contributed by atoms with Gasteiger partial charge in [0.05, 0.1) is 31.2 Å². The molecule has 0 bridgehead atoms. The standard InChI is InChI=1S/C20H25ClN2O5S/c1-5-17(20(24)22-13-14-8-6-7-9-18(14)27-2)23(29(4,25)26)15-10-11-19(28-3)16(21)12-15/h6-12,17H,5,13H2,1-4H3,(H,22,24)/t17-/m1/s1. The summed E-state index contributed by atoms with van der Waals surface area (Å²) in [6.45, 7) is 1.96. The normalized spacial score (nSPS) is 12.2. The molecule has 2 rings (SSSR count). The van der Waals surface area contributed by atoms with E-state index in [9.17, 15) is 13.2 Å². The number of methoxy groups -OCH3 is 2. The van der Waals surface area contributed by atoms with Crippen LogP contribution in [-0.2, 0) is 21.4 Å². The van der Waals surface area contributed by atoms with Gasteiger partial charge in [-0.15, -0.1) is 0 Å². The van der Waals surface area contributed by atoms with Crippen molar-refractivity contribution in [1.29, 1.82) is 0 Å². The first-order valence-corrected chi connectivity index (χ1v) is 11.2. The van der Waals surface area contributed by atoms with Crippen molar-refractivity contribution in [3.05, 3.63) is 53.1 Å². The predicted molar refractivity (Wildman–Crippen MR) is 114 cm³/mol. The summed E-state index contributed by atoms with van der Waals surface area (Å²) in [6.07, 6.45) is 1.33. The van der Waals surface area contributed by atoms with Crippen molar-refractivity contribution in [3.63, 3.8) is 0 Å².